The second-order valence-electron chi connectivity index (χ2n) is 4.05. The van der Waals surface area contributed by atoms with Crippen molar-refractivity contribution in [2.75, 3.05) is 6.54 Å². The van der Waals surface area contributed by atoms with Gasteiger partial charge in [-0.25, -0.2) is 9.67 Å². The highest BCUT2D eigenvalue weighted by Crippen LogP contribution is 2.21. The Morgan fingerprint density at radius 2 is 2.11 bits per heavy atom. The fourth-order valence-corrected chi connectivity index (χ4v) is 1.80. The molecule has 0 aliphatic rings. The number of hydrogen-bond acceptors (Lipinski definition) is 4. The molecule has 0 aromatic carbocycles. The van der Waals surface area contributed by atoms with E-state index in [0.717, 1.165) is 23.6 Å². The molecule has 0 saturated carbocycles. The standard InChI is InChI=1S/C12H16ClN5/c1-4-14-5-10-6-15-7-11(16-10)18-9(3)12(13)8(2)17-18/h6-7,14H,4-5H2,1-3H3. The van der Waals surface area contributed by atoms with E-state index >= 15 is 0 Å². The lowest BCUT2D eigenvalue weighted by Gasteiger charge is -2.05. The lowest BCUT2D eigenvalue weighted by molar-refractivity contribution is 0.696. The monoisotopic (exact) mass is 265 g/mol. The summed E-state index contributed by atoms with van der Waals surface area (Å²) in [7, 11) is 0. The van der Waals surface area contributed by atoms with Gasteiger partial charge in [0.1, 0.15) is 0 Å². The van der Waals surface area contributed by atoms with Gasteiger partial charge in [-0.3, -0.25) is 4.98 Å². The summed E-state index contributed by atoms with van der Waals surface area (Å²) in [6.45, 7) is 7.45. The minimum atomic E-state index is 0.675. The van der Waals surface area contributed by atoms with Gasteiger partial charge in [0.2, 0.25) is 0 Å². The molecule has 0 spiro atoms. The Morgan fingerprint density at radius 1 is 1.33 bits per heavy atom. The number of hydrogen-bond donors (Lipinski definition) is 1. The van der Waals surface area contributed by atoms with Crippen LogP contribution in [-0.2, 0) is 6.54 Å². The molecular formula is C12H16ClN5. The minimum absolute atomic E-state index is 0.675. The average molecular weight is 266 g/mol. The van der Waals surface area contributed by atoms with Gasteiger partial charge in [-0.2, -0.15) is 5.10 Å². The molecular weight excluding hydrogens is 250 g/mol. The molecule has 1 N–H and O–H groups in total. The van der Waals surface area contributed by atoms with Crippen molar-refractivity contribution in [3.63, 3.8) is 0 Å². The molecule has 0 aliphatic heterocycles. The van der Waals surface area contributed by atoms with E-state index in [1.54, 1.807) is 17.1 Å². The van der Waals surface area contributed by atoms with Crippen molar-refractivity contribution in [3.8, 4) is 5.82 Å². The maximum Gasteiger partial charge on any atom is 0.172 e. The van der Waals surface area contributed by atoms with Crippen LogP contribution in [0.3, 0.4) is 0 Å². The van der Waals surface area contributed by atoms with Gasteiger partial charge in [0.05, 0.1) is 28.3 Å². The molecule has 18 heavy (non-hydrogen) atoms. The third-order valence-corrected chi connectivity index (χ3v) is 3.19. The van der Waals surface area contributed by atoms with Gasteiger partial charge in [0.15, 0.2) is 5.82 Å². The fraction of sp³-hybridized carbons (Fsp3) is 0.417. The predicted octanol–water partition coefficient (Wildman–Crippen LogP) is 2.04. The van der Waals surface area contributed by atoms with Crippen LogP contribution in [0.5, 0.6) is 0 Å². The van der Waals surface area contributed by atoms with Crippen LogP contribution in [-0.4, -0.2) is 26.3 Å². The first-order valence-corrected chi connectivity index (χ1v) is 6.25. The second kappa shape index (κ2) is 5.46. The Kier molecular flexibility index (Phi) is 3.93. The highest BCUT2D eigenvalue weighted by Gasteiger charge is 2.12. The number of nitrogens with one attached hydrogen (secondary N) is 1. The Bertz CT molecular complexity index is 549. The van der Waals surface area contributed by atoms with E-state index in [2.05, 4.69) is 27.3 Å². The smallest absolute Gasteiger partial charge is 0.172 e. The number of halogens is 1. The van der Waals surface area contributed by atoms with Crippen molar-refractivity contribution < 1.29 is 0 Å². The van der Waals surface area contributed by atoms with Gasteiger partial charge < -0.3 is 5.32 Å². The summed E-state index contributed by atoms with van der Waals surface area (Å²) in [4.78, 5) is 8.70. The Morgan fingerprint density at radius 3 is 2.72 bits per heavy atom. The largest absolute Gasteiger partial charge is 0.311 e. The van der Waals surface area contributed by atoms with Crippen LogP contribution < -0.4 is 5.32 Å². The van der Waals surface area contributed by atoms with E-state index in [0.29, 0.717) is 17.4 Å². The summed E-state index contributed by atoms with van der Waals surface area (Å²) in [6.07, 6.45) is 3.44. The fourth-order valence-electron chi connectivity index (χ4n) is 1.68. The highest BCUT2D eigenvalue weighted by molar-refractivity contribution is 6.31. The van der Waals surface area contributed by atoms with Gasteiger partial charge in [-0.15, -0.1) is 0 Å². The third-order valence-electron chi connectivity index (χ3n) is 2.65. The molecule has 0 bridgehead atoms. The molecule has 5 nitrogen and oxygen atoms in total. The average Bonchev–Trinajstić information content (AvgIpc) is 2.64. The first-order valence-electron chi connectivity index (χ1n) is 5.87. The van der Waals surface area contributed by atoms with Gasteiger partial charge in [-0.05, 0) is 20.4 Å². The lowest BCUT2D eigenvalue weighted by Crippen LogP contribution is -2.14. The molecule has 0 aliphatic carbocycles. The lowest BCUT2D eigenvalue weighted by atomic mass is 10.4. The van der Waals surface area contributed by atoms with Crippen molar-refractivity contribution in [3.05, 3.63) is 34.5 Å². The minimum Gasteiger partial charge on any atom is -0.311 e. The maximum atomic E-state index is 6.13. The molecule has 0 unspecified atom stereocenters. The van der Waals surface area contributed by atoms with Gasteiger partial charge in [0.25, 0.3) is 0 Å². The normalized spacial score (nSPS) is 10.9. The predicted molar refractivity (Wildman–Crippen MR) is 71.0 cm³/mol. The summed E-state index contributed by atoms with van der Waals surface area (Å²) in [5.74, 6) is 0.693. The van der Waals surface area contributed by atoms with Crippen molar-refractivity contribution in [2.45, 2.75) is 27.3 Å². The zero-order valence-corrected chi connectivity index (χ0v) is 11.5. The van der Waals surface area contributed by atoms with Crippen LogP contribution in [0.1, 0.15) is 24.0 Å². The molecule has 6 heteroatoms. The van der Waals surface area contributed by atoms with Crippen molar-refractivity contribution >= 4 is 11.6 Å². The molecule has 0 amide bonds. The first-order chi connectivity index (χ1) is 8.63. The molecule has 2 heterocycles. The van der Waals surface area contributed by atoms with E-state index in [1.807, 2.05) is 13.8 Å². The molecule has 0 fully saturated rings. The first kappa shape index (κ1) is 13.0. The summed E-state index contributed by atoms with van der Waals surface area (Å²) in [5.41, 5.74) is 2.56. The maximum absolute atomic E-state index is 6.13. The molecule has 2 aromatic rings. The molecule has 2 aromatic heterocycles. The quantitative estimate of drug-likeness (QED) is 0.919. The zero-order chi connectivity index (χ0) is 13.1. The summed E-state index contributed by atoms with van der Waals surface area (Å²) in [6, 6.07) is 0. The van der Waals surface area contributed by atoms with E-state index < -0.39 is 0 Å². The van der Waals surface area contributed by atoms with E-state index in [1.165, 1.54) is 0 Å². The van der Waals surface area contributed by atoms with E-state index in [9.17, 15) is 0 Å². The summed E-state index contributed by atoms with van der Waals surface area (Å²) in [5, 5.41) is 8.25. The van der Waals surface area contributed by atoms with E-state index in [-0.39, 0.29) is 0 Å². The number of aromatic nitrogens is 4. The van der Waals surface area contributed by atoms with Crippen molar-refractivity contribution in [1.29, 1.82) is 0 Å². The molecule has 0 atom stereocenters. The zero-order valence-electron chi connectivity index (χ0n) is 10.7. The topological polar surface area (TPSA) is 55.6 Å². The summed E-state index contributed by atoms with van der Waals surface area (Å²) >= 11 is 6.13. The Hall–Kier alpha value is -1.46. The molecule has 0 saturated heterocycles. The van der Waals surface area contributed by atoms with E-state index in [4.69, 9.17) is 11.6 Å². The van der Waals surface area contributed by atoms with Gasteiger partial charge in [0, 0.05) is 12.7 Å². The van der Waals surface area contributed by atoms with Gasteiger partial charge in [-0.1, -0.05) is 18.5 Å². The van der Waals surface area contributed by atoms with Crippen LogP contribution in [0.25, 0.3) is 5.82 Å². The van der Waals surface area contributed by atoms with Crippen LogP contribution >= 0.6 is 11.6 Å². The number of aryl methyl sites for hydroxylation is 1. The number of rotatable bonds is 4. The van der Waals surface area contributed by atoms with Crippen LogP contribution in [0.4, 0.5) is 0 Å². The molecule has 0 radical (unpaired) electrons. The van der Waals surface area contributed by atoms with Gasteiger partial charge >= 0.3 is 0 Å². The second-order valence-corrected chi connectivity index (χ2v) is 4.42. The highest BCUT2D eigenvalue weighted by atomic mass is 35.5. The molecule has 2 rings (SSSR count). The Labute approximate surface area is 111 Å². The molecule has 96 valence electrons. The van der Waals surface area contributed by atoms with Crippen molar-refractivity contribution in [2.24, 2.45) is 0 Å². The van der Waals surface area contributed by atoms with Crippen LogP contribution in [0, 0.1) is 13.8 Å². The summed E-state index contributed by atoms with van der Waals surface area (Å²) < 4.78 is 1.72. The van der Waals surface area contributed by atoms with Crippen LogP contribution in [0.2, 0.25) is 5.02 Å². The van der Waals surface area contributed by atoms with Crippen molar-refractivity contribution in [1.82, 2.24) is 25.1 Å². The van der Waals surface area contributed by atoms with Crippen LogP contribution in [0.15, 0.2) is 12.4 Å². The number of nitrogens with zero attached hydrogens (tertiary/aromatic N) is 4. The third kappa shape index (κ3) is 2.52. The SMILES string of the molecule is CCNCc1cncc(-n2nc(C)c(Cl)c2C)n1. The Balaban J connectivity index is 2.35.